The highest BCUT2D eigenvalue weighted by Gasteiger charge is 2.37. The van der Waals surface area contributed by atoms with E-state index in [0.717, 1.165) is 30.8 Å². The van der Waals surface area contributed by atoms with Crippen molar-refractivity contribution >= 4 is 6.41 Å². The smallest absolute Gasteiger partial charge is 0.207 e. The molecule has 120 valence electrons. The van der Waals surface area contributed by atoms with E-state index in [-0.39, 0.29) is 0 Å². The molecule has 1 heterocycles. The number of amides is 1. The Morgan fingerprint density at radius 3 is 2.19 bits per heavy atom. The number of rotatable bonds is 4. The molecule has 0 spiro atoms. The van der Waals surface area contributed by atoms with E-state index in [1.165, 1.54) is 77.2 Å². The Morgan fingerprint density at radius 2 is 1.52 bits per heavy atom. The molecule has 21 heavy (non-hydrogen) atoms. The van der Waals surface area contributed by atoms with E-state index in [2.05, 4.69) is 10.2 Å². The van der Waals surface area contributed by atoms with Crippen LogP contribution in [0.5, 0.6) is 0 Å². The summed E-state index contributed by atoms with van der Waals surface area (Å²) in [5.74, 6) is 0.886. The van der Waals surface area contributed by atoms with E-state index in [4.69, 9.17) is 0 Å². The first kappa shape index (κ1) is 15.3. The van der Waals surface area contributed by atoms with Gasteiger partial charge in [0.25, 0.3) is 0 Å². The number of carbonyl (C=O) groups excluding carboxylic acids is 1. The molecule has 1 amide bonds. The van der Waals surface area contributed by atoms with Gasteiger partial charge in [0, 0.05) is 24.7 Å². The van der Waals surface area contributed by atoms with Crippen LogP contribution in [0.2, 0.25) is 0 Å². The fourth-order valence-corrected chi connectivity index (χ4v) is 5.11. The second-order valence-electron chi connectivity index (χ2n) is 7.50. The molecule has 0 bridgehead atoms. The van der Waals surface area contributed by atoms with Gasteiger partial charge in [0.05, 0.1) is 0 Å². The molecule has 0 aromatic carbocycles. The molecule has 3 fully saturated rings. The summed E-state index contributed by atoms with van der Waals surface area (Å²) in [5.41, 5.74) is 0. The van der Waals surface area contributed by atoms with Gasteiger partial charge in [-0.2, -0.15) is 0 Å². The van der Waals surface area contributed by atoms with Gasteiger partial charge < -0.3 is 5.32 Å². The number of hydrogen-bond donors (Lipinski definition) is 1. The molecule has 2 unspecified atom stereocenters. The standard InChI is InChI=1S/C18H32N2O/c21-14-19-16-11-12-20(17-9-5-2-6-10-17)18(13-16)15-7-3-1-4-8-15/h14-18H,1-13H2,(H,19,21). The van der Waals surface area contributed by atoms with Crippen molar-refractivity contribution in [1.29, 1.82) is 0 Å². The van der Waals surface area contributed by atoms with Crippen molar-refractivity contribution in [2.75, 3.05) is 6.54 Å². The van der Waals surface area contributed by atoms with Crippen LogP contribution in [0.25, 0.3) is 0 Å². The Bertz CT molecular complexity index is 321. The maximum absolute atomic E-state index is 10.8. The first-order valence-corrected chi connectivity index (χ1v) is 9.34. The molecular weight excluding hydrogens is 260 g/mol. The van der Waals surface area contributed by atoms with Crippen molar-refractivity contribution in [3.63, 3.8) is 0 Å². The van der Waals surface area contributed by atoms with Crippen LogP contribution in [0.15, 0.2) is 0 Å². The Kier molecular flexibility index (Phi) is 5.56. The van der Waals surface area contributed by atoms with Crippen molar-refractivity contribution < 1.29 is 4.79 Å². The molecule has 2 atom stereocenters. The van der Waals surface area contributed by atoms with Crippen LogP contribution >= 0.6 is 0 Å². The van der Waals surface area contributed by atoms with Crippen LogP contribution in [0.3, 0.4) is 0 Å². The van der Waals surface area contributed by atoms with Gasteiger partial charge in [-0.3, -0.25) is 9.69 Å². The molecule has 0 radical (unpaired) electrons. The lowest BCUT2D eigenvalue weighted by molar-refractivity contribution is -0.110. The summed E-state index contributed by atoms with van der Waals surface area (Å²) >= 11 is 0. The summed E-state index contributed by atoms with van der Waals surface area (Å²) in [6, 6.07) is 2.00. The lowest BCUT2D eigenvalue weighted by Gasteiger charge is -2.48. The summed E-state index contributed by atoms with van der Waals surface area (Å²) < 4.78 is 0. The average molecular weight is 292 g/mol. The summed E-state index contributed by atoms with van der Waals surface area (Å²) in [4.78, 5) is 13.7. The molecule has 3 aliphatic rings. The average Bonchev–Trinajstić information content (AvgIpc) is 2.57. The lowest BCUT2D eigenvalue weighted by Crippen LogP contribution is -2.55. The lowest BCUT2D eigenvalue weighted by atomic mass is 9.77. The fourth-order valence-electron chi connectivity index (χ4n) is 5.11. The van der Waals surface area contributed by atoms with Crippen molar-refractivity contribution in [3.05, 3.63) is 0 Å². The van der Waals surface area contributed by atoms with E-state index < -0.39 is 0 Å². The van der Waals surface area contributed by atoms with Crippen LogP contribution in [0.4, 0.5) is 0 Å². The number of carbonyl (C=O) groups is 1. The monoisotopic (exact) mass is 292 g/mol. The van der Waals surface area contributed by atoms with Gasteiger partial charge >= 0.3 is 0 Å². The van der Waals surface area contributed by atoms with Crippen molar-refractivity contribution in [3.8, 4) is 0 Å². The zero-order valence-electron chi connectivity index (χ0n) is 13.4. The largest absolute Gasteiger partial charge is 0.356 e. The Hall–Kier alpha value is -0.570. The Morgan fingerprint density at radius 1 is 0.857 bits per heavy atom. The minimum absolute atomic E-state index is 0.425. The number of piperidine rings is 1. The van der Waals surface area contributed by atoms with E-state index in [1.54, 1.807) is 0 Å². The fraction of sp³-hybridized carbons (Fsp3) is 0.944. The van der Waals surface area contributed by atoms with Crippen molar-refractivity contribution in [2.45, 2.75) is 95.2 Å². The normalized spacial score (nSPS) is 33.7. The predicted molar refractivity (Wildman–Crippen MR) is 86.2 cm³/mol. The molecule has 3 rings (SSSR count). The highest BCUT2D eigenvalue weighted by Crippen LogP contribution is 2.37. The minimum Gasteiger partial charge on any atom is -0.356 e. The number of hydrogen-bond acceptors (Lipinski definition) is 2. The Labute approximate surface area is 129 Å². The number of nitrogens with zero attached hydrogens (tertiary/aromatic N) is 1. The van der Waals surface area contributed by atoms with E-state index in [1.807, 2.05) is 0 Å². The maximum Gasteiger partial charge on any atom is 0.207 e. The number of nitrogens with one attached hydrogen (secondary N) is 1. The molecule has 2 saturated carbocycles. The third-order valence-corrected chi connectivity index (χ3v) is 6.23. The van der Waals surface area contributed by atoms with Gasteiger partial charge in [-0.15, -0.1) is 0 Å². The summed E-state index contributed by atoms with van der Waals surface area (Å²) in [5, 5.41) is 3.07. The minimum atomic E-state index is 0.425. The predicted octanol–water partition coefficient (Wildman–Crippen LogP) is 3.48. The molecule has 3 heteroatoms. The molecule has 2 aliphatic carbocycles. The molecular formula is C18H32N2O. The highest BCUT2D eigenvalue weighted by atomic mass is 16.1. The van der Waals surface area contributed by atoms with E-state index in [9.17, 15) is 4.79 Å². The molecule has 0 aromatic rings. The summed E-state index contributed by atoms with van der Waals surface area (Å²) in [7, 11) is 0. The van der Waals surface area contributed by atoms with Crippen LogP contribution in [0, 0.1) is 5.92 Å². The van der Waals surface area contributed by atoms with E-state index >= 15 is 0 Å². The molecule has 1 saturated heterocycles. The summed E-state index contributed by atoms with van der Waals surface area (Å²) in [6.07, 6.45) is 17.5. The third kappa shape index (κ3) is 3.80. The molecule has 1 aliphatic heterocycles. The first-order valence-electron chi connectivity index (χ1n) is 9.34. The van der Waals surface area contributed by atoms with Gasteiger partial charge in [0.2, 0.25) is 6.41 Å². The Balaban J connectivity index is 1.68. The molecule has 3 nitrogen and oxygen atoms in total. The molecule has 1 N–H and O–H groups in total. The second-order valence-corrected chi connectivity index (χ2v) is 7.50. The van der Waals surface area contributed by atoms with Gasteiger partial charge in [-0.25, -0.2) is 0 Å². The SMILES string of the molecule is O=CNC1CCN(C2CCCCC2)C(C2CCCCC2)C1. The van der Waals surface area contributed by atoms with Gasteiger partial charge in [-0.1, -0.05) is 38.5 Å². The van der Waals surface area contributed by atoms with Gasteiger partial charge in [0.15, 0.2) is 0 Å². The summed E-state index contributed by atoms with van der Waals surface area (Å²) in [6.45, 7) is 1.21. The van der Waals surface area contributed by atoms with E-state index in [0.29, 0.717) is 6.04 Å². The quantitative estimate of drug-likeness (QED) is 0.805. The van der Waals surface area contributed by atoms with Crippen molar-refractivity contribution in [2.24, 2.45) is 5.92 Å². The van der Waals surface area contributed by atoms with Gasteiger partial charge in [-0.05, 0) is 44.4 Å². The maximum atomic E-state index is 10.8. The zero-order chi connectivity index (χ0) is 14.5. The van der Waals surface area contributed by atoms with Crippen LogP contribution < -0.4 is 5.32 Å². The van der Waals surface area contributed by atoms with Crippen LogP contribution in [-0.2, 0) is 4.79 Å². The van der Waals surface area contributed by atoms with Gasteiger partial charge in [0.1, 0.15) is 0 Å². The van der Waals surface area contributed by atoms with Crippen LogP contribution in [0.1, 0.15) is 77.0 Å². The van der Waals surface area contributed by atoms with Crippen LogP contribution in [-0.4, -0.2) is 36.0 Å². The van der Waals surface area contributed by atoms with Crippen molar-refractivity contribution in [1.82, 2.24) is 10.2 Å². The number of likely N-dealkylation sites (tertiary alicyclic amines) is 1. The molecule has 0 aromatic heterocycles. The zero-order valence-corrected chi connectivity index (χ0v) is 13.4. The first-order chi connectivity index (χ1) is 10.4. The third-order valence-electron chi connectivity index (χ3n) is 6.23. The topological polar surface area (TPSA) is 32.3 Å². The highest BCUT2D eigenvalue weighted by molar-refractivity contribution is 5.46. The second kappa shape index (κ2) is 7.62.